The van der Waals surface area contributed by atoms with Crippen molar-refractivity contribution < 1.29 is 0 Å². The van der Waals surface area contributed by atoms with E-state index in [0.717, 1.165) is 25.2 Å². The van der Waals surface area contributed by atoms with Crippen LogP contribution in [0.5, 0.6) is 0 Å². The van der Waals surface area contributed by atoms with Crippen LogP contribution in [0.4, 0.5) is 0 Å². The van der Waals surface area contributed by atoms with Gasteiger partial charge in [0.25, 0.3) is 0 Å². The minimum atomic E-state index is -0.0646. The summed E-state index contributed by atoms with van der Waals surface area (Å²) in [6, 6.07) is 4.30. The van der Waals surface area contributed by atoms with E-state index in [2.05, 4.69) is 31.1 Å². The Bertz CT molecular complexity index is 375. The average molecular weight is 220 g/mol. The van der Waals surface area contributed by atoms with Gasteiger partial charge >= 0.3 is 0 Å². The summed E-state index contributed by atoms with van der Waals surface area (Å²) in [5.74, 6) is 0. The van der Waals surface area contributed by atoms with Gasteiger partial charge in [-0.3, -0.25) is 9.58 Å². The van der Waals surface area contributed by atoms with Crippen molar-refractivity contribution in [3.63, 3.8) is 0 Å². The summed E-state index contributed by atoms with van der Waals surface area (Å²) in [4.78, 5) is 2.03. The second-order valence-corrected chi connectivity index (χ2v) is 4.02. The first-order valence-corrected chi connectivity index (χ1v) is 5.77. The molecule has 0 spiro atoms. The molecule has 1 atom stereocenters. The smallest absolute Gasteiger partial charge is 0.0950 e. The van der Waals surface area contributed by atoms with E-state index in [1.165, 1.54) is 5.69 Å². The molecule has 0 bridgehead atoms. The lowest BCUT2D eigenvalue weighted by Gasteiger charge is -2.18. The monoisotopic (exact) mass is 220 g/mol. The predicted molar refractivity (Wildman–Crippen MR) is 63.8 cm³/mol. The molecule has 0 N–H and O–H groups in total. The largest absolute Gasteiger partial charge is 0.285 e. The zero-order valence-corrected chi connectivity index (χ0v) is 10.6. The van der Waals surface area contributed by atoms with Crippen LogP contribution in [-0.4, -0.2) is 27.8 Å². The summed E-state index contributed by atoms with van der Waals surface area (Å²) in [7, 11) is 1.96. The van der Waals surface area contributed by atoms with Crippen LogP contribution >= 0.6 is 0 Å². The molecule has 0 aliphatic carbocycles. The molecule has 1 heterocycles. The lowest BCUT2D eigenvalue weighted by Crippen LogP contribution is -2.28. The highest BCUT2D eigenvalue weighted by atomic mass is 15.3. The Kier molecular flexibility index (Phi) is 4.51. The third-order valence-electron chi connectivity index (χ3n) is 2.84. The van der Waals surface area contributed by atoms with E-state index in [-0.39, 0.29) is 6.04 Å². The number of aromatic nitrogens is 2. The molecule has 88 valence electrons. The SMILES string of the molecule is CCc1cc(CN(C)C(C)C#N)n(CC)n1. The molecule has 0 aromatic carbocycles. The van der Waals surface area contributed by atoms with Crippen molar-refractivity contribution in [2.75, 3.05) is 7.05 Å². The maximum atomic E-state index is 8.85. The summed E-state index contributed by atoms with van der Waals surface area (Å²) in [6.45, 7) is 7.75. The van der Waals surface area contributed by atoms with Crippen molar-refractivity contribution in [3.05, 3.63) is 17.5 Å². The summed E-state index contributed by atoms with van der Waals surface area (Å²) in [6.07, 6.45) is 0.956. The first-order chi connectivity index (χ1) is 7.62. The normalized spacial score (nSPS) is 12.8. The maximum Gasteiger partial charge on any atom is 0.0950 e. The summed E-state index contributed by atoms with van der Waals surface area (Å²) >= 11 is 0. The van der Waals surface area contributed by atoms with E-state index >= 15 is 0 Å². The standard InChI is InChI=1S/C12H20N4/c1-5-11-7-12(16(6-2)14-11)9-15(4)10(3)8-13/h7,10H,5-6,9H2,1-4H3. The molecule has 0 saturated heterocycles. The first kappa shape index (κ1) is 12.7. The van der Waals surface area contributed by atoms with Gasteiger partial charge in [0.1, 0.15) is 0 Å². The van der Waals surface area contributed by atoms with E-state index in [1.807, 2.05) is 23.6 Å². The molecule has 1 aromatic rings. The number of rotatable bonds is 5. The fraction of sp³-hybridized carbons (Fsp3) is 0.667. The summed E-state index contributed by atoms with van der Waals surface area (Å²) in [5, 5.41) is 13.3. The second-order valence-electron chi connectivity index (χ2n) is 4.02. The van der Waals surface area contributed by atoms with E-state index in [9.17, 15) is 0 Å². The molecule has 0 fully saturated rings. The lowest BCUT2D eigenvalue weighted by molar-refractivity contribution is 0.284. The van der Waals surface area contributed by atoms with Crippen molar-refractivity contribution in [1.82, 2.24) is 14.7 Å². The summed E-state index contributed by atoms with van der Waals surface area (Å²) < 4.78 is 2.01. The highest BCUT2D eigenvalue weighted by molar-refractivity contribution is 5.11. The van der Waals surface area contributed by atoms with Gasteiger partial charge in [-0.25, -0.2) is 0 Å². The van der Waals surface area contributed by atoms with E-state index in [4.69, 9.17) is 5.26 Å². The van der Waals surface area contributed by atoms with Crippen LogP contribution in [0.2, 0.25) is 0 Å². The number of nitrogens with zero attached hydrogens (tertiary/aromatic N) is 4. The Balaban J connectivity index is 2.80. The van der Waals surface area contributed by atoms with E-state index < -0.39 is 0 Å². The van der Waals surface area contributed by atoms with Crippen molar-refractivity contribution in [3.8, 4) is 6.07 Å². The minimum absolute atomic E-state index is 0.0646. The Labute approximate surface area is 97.5 Å². The predicted octanol–water partition coefficient (Wildman–Crippen LogP) is 1.81. The molecule has 4 nitrogen and oxygen atoms in total. The molecule has 16 heavy (non-hydrogen) atoms. The topological polar surface area (TPSA) is 44.9 Å². The van der Waals surface area contributed by atoms with Gasteiger partial charge in [-0.1, -0.05) is 6.92 Å². The number of nitriles is 1. The van der Waals surface area contributed by atoms with Crippen molar-refractivity contribution >= 4 is 0 Å². The Morgan fingerprint density at radius 2 is 2.25 bits per heavy atom. The Morgan fingerprint density at radius 1 is 1.56 bits per heavy atom. The molecule has 0 aliphatic rings. The molecule has 0 aliphatic heterocycles. The third-order valence-corrected chi connectivity index (χ3v) is 2.84. The molecular weight excluding hydrogens is 200 g/mol. The molecule has 1 aromatic heterocycles. The fourth-order valence-corrected chi connectivity index (χ4v) is 1.58. The van der Waals surface area contributed by atoms with Gasteiger partial charge in [0.15, 0.2) is 0 Å². The highest BCUT2D eigenvalue weighted by Gasteiger charge is 2.12. The molecule has 4 heteroatoms. The Morgan fingerprint density at radius 3 is 2.75 bits per heavy atom. The molecule has 0 saturated carbocycles. The van der Waals surface area contributed by atoms with Gasteiger partial charge in [-0.2, -0.15) is 10.4 Å². The minimum Gasteiger partial charge on any atom is -0.285 e. The third kappa shape index (κ3) is 2.83. The first-order valence-electron chi connectivity index (χ1n) is 5.77. The van der Waals surface area contributed by atoms with E-state index in [1.54, 1.807) is 0 Å². The zero-order chi connectivity index (χ0) is 12.1. The number of hydrogen-bond acceptors (Lipinski definition) is 3. The molecule has 1 unspecified atom stereocenters. The average Bonchev–Trinajstić information content (AvgIpc) is 2.70. The molecule has 0 amide bonds. The van der Waals surface area contributed by atoms with Crippen molar-refractivity contribution in [1.29, 1.82) is 5.26 Å². The van der Waals surface area contributed by atoms with Crippen LogP contribution in [0.15, 0.2) is 6.07 Å². The number of hydrogen-bond donors (Lipinski definition) is 0. The Hall–Kier alpha value is -1.34. The van der Waals surface area contributed by atoms with Gasteiger partial charge < -0.3 is 0 Å². The van der Waals surface area contributed by atoms with Crippen LogP contribution in [0.25, 0.3) is 0 Å². The van der Waals surface area contributed by atoms with Crippen LogP contribution in [-0.2, 0) is 19.5 Å². The van der Waals surface area contributed by atoms with Crippen LogP contribution in [0, 0.1) is 11.3 Å². The van der Waals surface area contributed by atoms with Crippen LogP contribution < -0.4 is 0 Å². The van der Waals surface area contributed by atoms with Crippen LogP contribution in [0.1, 0.15) is 32.2 Å². The quantitative estimate of drug-likeness (QED) is 0.760. The van der Waals surface area contributed by atoms with E-state index in [0.29, 0.717) is 0 Å². The molecular formula is C12H20N4. The maximum absolute atomic E-state index is 8.85. The second kappa shape index (κ2) is 5.66. The number of aryl methyl sites for hydroxylation is 2. The lowest BCUT2D eigenvalue weighted by atomic mass is 10.2. The zero-order valence-electron chi connectivity index (χ0n) is 10.6. The highest BCUT2D eigenvalue weighted by Crippen LogP contribution is 2.09. The van der Waals surface area contributed by atoms with Gasteiger partial charge in [0.2, 0.25) is 0 Å². The van der Waals surface area contributed by atoms with Gasteiger partial charge in [-0.05, 0) is 33.4 Å². The molecule has 1 rings (SSSR count). The van der Waals surface area contributed by atoms with Gasteiger partial charge in [0, 0.05) is 13.1 Å². The van der Waals surface area contributed by atoms with Crippen molar-refractivity contribution in [2.24, 2.45) is 0 Å². The van der Waals surface area contributed by atoms with Gasteiger partial charge in [0.05, 0.1) is 23.5 Å². The van der Waals surface area contributed by atoms with Crippen molar-refractivity contribution in [2.45, 2.75) is 46.3 Å². The van der Waals surface area contributed by atoms with Crippen LogP contribution in [0.3, 0.4) is 0 Å². The summed E-state index contributed by atoms with van der Waals surface area (Å²) in [5.41, 5.74) is 2.30. The van der Waals surface area contributed by atoms with Gasteiger partial charge in [-0.15, -0.1) is 0 Å². The fourth-order valence-electron chi connectivity index (χ4n) is 1.58. The molecule has 0 radical (unpaired) electrons.